The van der Waals surface area contributed by atoms with Gasteiger partial charge in [-0.2, -0.15) is 0 Å². The molecule has 0 saturated carbocycles. The van der Waals surface area contributed by atoms with Crippen molar-refractivity contribution < 1.29 is 14.4 Å². The molecule has 0 bridgehead atoms. The van der Waals surface area contributed by atoms with E-state index in [2.05, 4.69) is 31.4 Å². The molecule has 2 heterocycles. The fraction of sp³-hybridized carbons (Fsp3) is 0.800. The zero-order valence-electron chi connectivity index (χ0n) is 13.6. The fourth-order valence-electron chi connectivity index (χ4n) is 2.60. The Kier molecular flexibility index (Phi) is 4.93. The lowest BCUT2D eigenvalue weighted by atomic mass is 9.97. The highest BCUT2D eigenvalue weighted by Crippen LogP contribution is 2.13. The molecule has 0 spiro atoms. The summed E-state index contributed by atoms with van der Waals surface area (Å²) < 4.78 is 0. The van der Waals surface area contributed by atoms with Crippen LogP contribution >= 0.6 is 0 Å². The van der Waals surface area contributed by atoms with Crippen LogP contribution in [0.25, 0.3) is 0 Å². The zero-order valence-corrected chi connectivity index (χ0v) is 13.6. The van der Waals surface area contributed by atoms with Gasteiger partial charge in [0.05, 0.1) is 0 Å². The standard InChI is InChI=1S/C15H26N4O3/c1-15(2,3)10-16-14(22)19-8-6-18(7-9-19)13(21)11-4-5-12(20)17-11/h11H,4-10H2,1-3H3,(H,16,22)(H,17,20). The van der Waals surface area contributed by atoms with Gasteiger partial charge < -0.3 is 20.4 Å². The minimum absolute atomic E-state index is 0.0272. The lowest BCUT2D eigenvalue weighted by Gasteiger charge is -2.36. The Balaban J connectivity index is 1.76. The van der Waals surface area contributed by atoms with Gasteiger partial charge in [0, 0.05) is 39.1 Å². The average molecular weight is 310 g/mol. The summed E-state index contributed by atoms with van der Waals surface area (Å²) in [4.78, 5) is 39.0. The number of nitrogens with zero attached hydrogens (tertiary/aromatic N) is 2. The molecular formula is C15H26N4O3. The van der Waals surface area contributed by atoms with Crippen molar-refractivity contribution in [3.05, 3.63) is 0 Å². The number of urea groups is 1. The molecule has 0 aliphatic carbocycles. The Labute approximate surface area is 131 Å². The molecule has 2 aliphatic heterocycles. The van der Waals surface area contributed by atoms with Gasteiger partial charge in [0.25, 0.3) is 0 Å². The molecule has 7 nitrogen and oxygen atoms in total. The van der Waals surface area contributed by atoms with Crippen LogP contribution in [0, 0.1) is 5.41 Å². The fourth-order valence-corrected chi connectivity index (χ4v) is 2.60. The zero-order chi connectivity index (χ0) is 16.3. The SMILES string of the molecule is CC(C)(C)CNC(=O)N1CCN(C(=O)C2CCC(=O)N2)CC1. The largest absolute Gasteiger partial charge is 0.344 e. The van der Waals surface area contributed by atoms with Gasteiger partial charge in [0.1, 0.15) is 6.04 Å². The first kappa shape index (κ1) is 16.6. The predicted molar refractivity (Wildman–Crippen MR) is 82.2 cm³/mol. The number of amides is 4. The molecule has 2 rings (SSSR count). The predicted octanol–water partition coefficient (Wildman–Crippen LogP) is 0.165. The number of nitrogens with one attached hydrogen (secondary N) is 2. The van der Waals surface area contributed by atoms with Crippen molar-refractivity contribution in [3.63, 3.8) is 0 Å². The van der Waals surface area contributed by atoms with Gasteiger partial charge in [-0.15, -0.1) is 0 Å². The van der Waals surface area contributed by atoms with E-state index in [9.17, 15) is 14.4 Å². The van der Waals surface area contributed by atoms with Crippen LogP contribution in [-0.4, -0.2) is 66.4 Å². The van der Waals surface area contributed by atoms with Gasteiger partial charge in [-0.1, -0.05) is 20.8 Å². The number of piperazine rings is 1. The summed E-state index contributed by atoms with van der Waals surface area (Å²) in [6.45, 7) is 8.94. The Morgan fingerprint density at radius 3 is 2.27 bits per heavy atom. The van der Waals surface area contributed by atoms with E-state index >= 15 is 0 Å². The van der Waals surface area contributed by atoms with Crippen LogP contribution in [-0.2, 0) is 9.59 Å². The third kappa shape index (κ3) is 4.35. The first-order valence-electron chi connectivity index (χ1n) is 7.87. The number of carbonyl (C=O) groups is 3. The Morgan fingerprint density at radius 2 is 1.77 bits per heavy atom. The minimum Gasteiger partial charge on any atom is -0.344 e. The molecule has 1 atom stereocenters. The highest BCUT2D eigenvalue weighted by molar-refractivity contribution is 5.91. The van der Waals surface area contributed by atoms with E-state index in [-0.39, 0.29) is 29.3 Å². The topological polar surface area (TPSA) is 81.8 Å². The van der Waals surface area contributed by atoms with E-state index in [0.717, 1.165) is 0 Å². The van der Waals surface area contributed by atoms with Gasteiger partial charge in [0.2, 0.25) is 11.8 Å². The molecule has 22 heavy (non-hydrogen) atoms. The molecule has 0 aromatic rings. The normalized spacial score (nSPS) is 22.5. The van der Waals surface area contributed by atoms with Crippen LogP contribution in [0.2, 0.25) is 0 Å². The number of rotatable bonds is 2. The van der Waals surface area contributed by atoms with Gasteiger partial charge in [-0.3, -0.25) is 9.59 Å². The molecule has 2 aliphatic rings. The number of hydrogen-bond donors (Lipinski definition) is 2. The van der Waals surface area contributed by atoms with E-state index < -0.39 is 0 Å². The molecule has 124 valence electrons. The maximum absolute atomic E-state index is 12.3. The van der Waals surface area contributed by atoms with Gasteiger partial charge in [0.15, 0.2) is 0 Å². The molecule has 0 radical (unpaired) electrons. The maximum atomic E-state index is 12.3. The van der Waals surface area contributed by atoms with Crippen LogP contribution in [0.15, 0.2) is 0 Å². The quantitative estimate of drug-likeness (QED) is 0.762. The highest BCUT2D eigenvalue weighted by atomic mass is 16.2. The minimum atomic E-state index is -0.381. The monoisotopic (exact) mass is 310 g/mol. The van der Waals surface area contributed by atoms with Crippen molar-refractivity contribution in [2.45, 2.75) is 39.7 Å². The van der Waals surface area contributed by atoms with Crippen LogP contribution in [0.5, 0.6) is 0 Å². The highest BCUT2D eigenvalue weighted by Gasteiger charge is 2.33. The van der Waals surface area contributed by atoms with E-state index in [1.165, 1.54) is 0 Å². The maximum Gasteiger partial charge on any atom is 0.317 e. The van der Waals surface area contributed by atoms with Crippen molar-refractivity contribution in [1.82, 2.24) is 20.4 Å². The third-order valence-corrected chi connectivity index (χ3v) is 3.94. The van der Waals surface area contributed by atoms with Gasteiger partial charge in [-0.05, 0) is 11.8 Å². The Hall–Kier alpha value is -1.79. The first-order valence-corrected chi connectivity index (χ1v) is 7.87. The van der Waals surface area contributed by atoms with E-state index in [1.54, 1.807) is 9.80 Å². The van der Waals surface area contributed by atoms with Gasteiger partial charge in [-0.25, -0.2) is 4.79 Å². The summed E-state index contributed by atoms with van der Waals surface area (Å²) in [5.41, 5.74) is 0.0497. The lowest BCUT2D eigenvalue weighted by molar-refractivity contribution is -0.135. The smallest absolute Gasteiger partial charge is 0.317 e. The molecule has 4 amide bonds. The number of carbonyl (C=O) groups excluding carboxylic acids is 3. The summed E-state index contributed by atoms with van der Waals surface area (Å²) in [6, 6.07) is -0.454. The van der Waals surface area contributed by atoms with E-state index in [4.69, 9.17) is 0 Å². The van der Waals surface area contributed by atoms with Crippen molar-refractivity contribution in [2.24, 2.45) is 5.41 Å². The summed E-state index contributed by atoms with van der Waals surface area (Å²) >= 11 is 0. The summed E-state index contributed by atoms with van der Waals surface area (Å²) in [7, 11) is 0. The summed E-state index contributed by atoms with van der Waals surface area (Å²) in [5.74, 6) is -0.0841. The lowest BCUT2D eigenvalue weighted by Crippen LogP contribution is -2.56. The van der Waals surface area contributed by atoms with Crippen molar-refractivity contribution in [2.75, 3.05) is 32.7 Å². The van der Waals surface area contributed by atoms with E-state index in [1.807, 2.05) is 0 Å². The van der Waals surface area contributed by atoms with Crippen LogP contribution in [0.4, 0.5) is 4.79 Å². The second kappa shape index (κ2) is 6.54. The second-order valence-corrected chi connectivity index (χ2v) is 7.19. The molecule has 2 N–H and O–H groups in total. The molecule has 0 aromatic carbocycles. The summed E-state index contributed by atoms with van der Waals surface area (Å²) in [6.07, 6.45) is 0.996. The second-order valence-electron chi connectivity index (χ2n) is 7.19. The van der Waals surface area contributed by atoms with Crippen LogP contribution < -0.4 is 10.6 Å². The molecule has 0 aromatic heterocycles. The van der Waals surface area contributed by atoms with Crippen LogP contribution in [0.1, 0.15) is 33.6 Å². The molecular weight excluding hydrogens is 284 g/mol. The number of hydrogen-bond acceptors (Lipinski definition) is 3. The van der Waals surface area contributed by atoms with Crippen molar-refractivity contribution in [1.29, 1.82) is 0 Å². The average Bonchev–Trinajstić information content (AvgIpc) is 2.90. The Morgan fingerprint density at radius 1 is 1.18 bits per heavy atom. The molecule has 1 unspecified atom stereocenters. The van der Waals surface area contributed by atoms with E-state index in [0.29, 0.717) is 45.6 Å². The van der Waals surface area contributed by atoms with Crippen LogP contribution in [0.3, 0.4) is 0 Å². The summed E-state index contributed by atoms with van der Waals surface area (Å²) in [5, 5.41) is 5.62. The van der Waals surface area contributed by atoms with Crippen molar-refractivity contribution >= 4 is 17.8 Å². The third-order valence-electron chi connectivity index (χ3n) is 3.94. The molecule has 7 heteroatoms. The van der Waals surface area contributed by atoms with Gasteiger partial charge >= 0.3 is 6.03 Å². The Bertz CT molecular complexity index is 450. The first-order chi connectivity index (χ1) is 10.3. The van der Waals surface area contributed by atoms with Crippen molar-refractivity contribution in [3.8, 4) is 0 Å². The molecule has 2 fully saturated rings. The molecule has 2 saturated heterocycles.